The molecule has 0 aliphatic rings. The number of fused-ring (bicyclic) bond motifs is 1. The van der Waals surface area contributed by atoms with Gasteiger partial charge in [0.05, 0.1) is 22.0 Å². The Hall–Kier alpha value is -1.91. The van der Waals surface area contributed by atoms with Crippen molar-refractivity contribution in [3.63, 3.8) is 0 Å². The number of non-ortho nitro benzene ring substituents is 1. The third kappa shape index (κ3) is 2.27. The molecule has 0 N–H and O–H groups in total. The fourth-order valence-corrected chi connectivity index (χ4v) is 1.81. The molecule has 17 heavy (non-hydrogen) atoms. The van der Waals surface area contributed by atoms with Gasteiger partial charge in [0.2, 0.25) is 0 Å². The third-order valence-corrected chi connectivity index (χ3v) is 2.78. The first-order valence-electron chi connectivity index (χ1n) is 5.68. The van der Waals surface area contributed by atoms with E-state index in [1.54, 1.807) is 12.3 Å². The van der Waals surface area contributed by atoms with Crippen LogP contribution in [-0.2, 0) is 6.54 Å². The number of nitro benzene ring substituents is 1. The van der Waals surface area contributed by atoms with Crippen LogP contribution in [0.3, 0.4) is 0 Å². The maximum Gasteiger partial charge on any atom is 0.280 e. The largest absolute Gasteiger partial charge is 0.280 e. The summed E-state index contributed by atoms with van der Waals surface area (Å²) in [6.07, 6.45) is 2.59. The fraction of sp³-hybridized carbons (Fsp3) is 0.417. The summed E-state index contributed by atoms with van der Waals surface area (Å²) in [6, 6.07) is 5.08. The molecule has 0 aliphatic heterocycles. The Balaban J connectivity index is 2.40. The Morgan fingerprint density at radius 3 is 2.88 bits per heavy atom. The highest BCUT2D eigenvalue weighted by atomic mass is 16.6. The van der Waals surface area contributed by atoms with E-state index in [2.05, 4.69) is 18.9 Å². The zero-order valence-corrected chi connectivity index (χ0v) is 9.96. The molecule has 2 aromatic rings. The van der Waals surface area contributed by atoms with Gasteiger partial charge in [-0.05, 0) is 18.4 Å². The number of aryl methyl sites for hydroxylation is 1. The second-order valence-electron chi connectivity index (χ2n) is 4.52. The molecule has 0 bridgehead atoms. The van der Waals surface area contributed by atoms with Gasteiger partial charge in [-0.15, -0.1) is 0 Å². The number of rotatable bonds is 4. The lowest BCUT2D eigenvalue weighted by Crippen LogP contribution is -2.02. The summed E-state index contributed by atoms with van der Waals surface area (Å²) in [6.45, 7) is 5.09. The Bertz CT molecular complexity index is 546. The summed E-state index contributed by atoms with van der Waals surface area (Å²) in [4.78, 5) is 10.5. The summed E-state index contributed by atoms with van der Waals surface area (Å²) < 4.78 is 1.84. The van der Waals surface area contributed by atoms with Crippen LogP contribution in [0.4, 0.5) is 5.69 Å². The highest BCUT2D eigenvalue weighted by molar-refractivity contribution is 5.87. The first kappa shape index (κ1) is 11.6. The van der Waals surface area contributed by atoms with Crippen LogP contribution in [0.2, 0.25) is 0 Å². The van der Waals surface area contributed by atoms with Crippen molar-refractivity contribution in [1.82, 2.24) is 9.78 Å². The first-order valence-corrected chi connectivity index (χ1v) is 5.68. The van der Waals surface area contributed by atoms with Crippen molar-refractivity contribution >= 4 is 16.6 Å². The van der Waals surface area contributed by atoms with Crippen molar-refractivity contribution in [1.29, 1.82) is 0 Å². The van der Waals surface area contributed by atoms with E-state index in [-0.39, 0.29) is 10.6 Å². The molecular weight excluding hydrogens is 218 g/mol. The molecule has 1 aromatic heterocycles. The van der Waals surface area contributed by atoms with Crippen molar-refractivity contribution in [2.75, 3.05) is 0 Å². The number of hydrogen-bond donors (Lipinski definition) is 0. The predicted molar refractivity (Wildman–Crippen MR) is 65.8 cm³/mol. The van der Waals surface area contributed by atoms with Crippen LogP contribution in [0.5, 0.6) is 0 Å². The molecule has 0 saturated carbocycles. The smallest absolute Gasteiger partial charge is 0.265 e. The number of benzene rings is 1. The average molecular weight is 233 g/mol. The minimum absolute atomic E-state index is 0.123. The van der Waals surface area contributed by atoms with Gasteiger partial charge >= 0.3 is 0 Å². The second-order valence-corrected chi connectivity index (χ2v) is 4.52. The number of hydrogen-bond acceptors (Lipinski definition) is 3. The van der Waals surface area contributed by atoms with Crippen LogP contribution in [0.25, 0.3) is 10.9 Å². The maximum atomic E-state index is 10.9. The van der Waals surface area contributed by atoms with Crippen LogP contribution < -0.4 is 0 Å². The van der Waals surface area contributed by atoms with Crippen LogP contribution >= 0.6 is 0 Å². The number of nitrogens with zero attached hydrogens (tertiary/aromatic N) is 3. The van der Waals surface area contributed by atoms with Crippen molar-refractivity contribution in [3.05, 3.63) is 34.5 Å². The van der Waals surface area contributed by atoms with Gasteiger partial charge in [-0.25, -0.2) is 0 Å². The van der Waals surface area contributed by atoms with Crippen molar-refractivity contribution in [2.45, 2.75) is 26.8 Å². The fourth-order valence-electron chi connectivity index (χ4n) is 1.81. The molecule has 0 radical (unpaired) electrons. The first-order chi connectivity index (χ1) is 8.09. The zero-order chi connectivity index (χ0) is 12.4. The molecular formula is C12H15N3O2. The van der Waals surface area contributed by atoms with Gasteiger partial charge in [-0.2, -0.15) is 5.10 Å². The molecule has 0 unspecified atom stereocenters. The highest BCUT2D eigenvalue weighted by Gasteiger charge is 2.14. The lowest BCUT2D eigenvalue weighted by molar-refractivity contribution is -0.383. The predicted octanol–water partition coefficient (Wildman–Crippen LogP) is 2.99. The maximum absolute atomic E-state index is 10.9. The van der Waals surface area contributed by atoms with Gasteiger partial charge in [-0.1, -0.05) is 19.9 Å². The van der Waals surface area contributed by atoms with Gasteiger partial charge in [0.25, 0.3) is 5.69 Å². The van der Waals surface area contributed by atoms with E-state index in [4.69, 9.17) is 0 Å². The van der Waals surface area contributed by atoms with E-state index in [0.717, 1.165) is 18.5 Å². The summed E-state index contributed by atoms with van der Waals surface area (Å²) in [7, 11) is 0. The minimum Gasteiger partial charge on any atom is -0.265 e. The normalized spacial score (nSPS) is 11.2. The summed E-state index contributed by atoms with van der Waals surface area (Å²) in [5.74, 6) is 0.591. The zero-order valence-electron chi connectivity index (χ0n) is 9.96. The average Bonchev–Trinajstić information content (AvgIpc) is 2.68. The van der Waals surface area contributed by atoms with E-state index >= 15 is 0 Å². The molecule has 1 aromatic carbocycles. The quantitative estimate of drug-likeness (QED) is 0.602. The molecule has 90 valence electrons. The Kier molecular flexibility index (Phi) is 3.08. The molecule has 0 atom stereocenters. The lowest BCUT2D eigenvalue weighted by Gasteiger charge is -2.05. The number of nitro groups is 1. The molecule has 0 fully saturated rings. The second kappa shape index (κ2) is 4.53. The van der Waals surface area contributed by atoms with E-state index in [0.29, 0.717) is 11.3 Å². The van der Waals surface area contributed by atoms with Crippen LogP contribution in [0.15, 0.2) is 24.4 Å². The van der Waals surface area contributed by atoms with Gasteiger partial charge in [0.15, 0.2) is 0 Å². The SMILES string of the molecule is CC(C)CCn1ncc2c([N+](=O)[O-])cccc21. The standard InChI is InChI=1S/C12H15N3O2/c1-9(2)6-7-14-11-4-3-5-12(15(16)17)10(11)8-13-14/h3-5,8-9H,6-7H2,1-2H3. The molecule has 0 aliphatic carbocycles. The summed E-state index contributed by atoms with van der Waals surface area (Å²) in [5, 5.41) is 15.7. The van der Waals surface area contributed by atoms with Gasteiger partial charge in [0, 0.05) is 12.6 Å². The lowest BCUT2D eigenvalue weighted by atomic mass is 10.1. The van der Waals surface area contributed by atoms with Gasteiger partial charge in [-0.3, -0.25) is 14.8 Å². The van der Waals surface area contributed by atoms with Gasteiger partial charge in [0.1, 0.15) is 0 Å². The molecule has 0 saturated heterocycles. The van der Waals surface area contributed by atoms with Crippen LogP contribution in [-0.4, -0.2) is 14.7 Å². The van der Waals surface area contributed by atoms with Crippen molar-refractivity contribution < 1.29 is 4.92 Å². The van der Waals surface area contributed by atoms with E-state index in [9.17, 15) is 10.1 Å². The van der Waals surface area contributed by atoms with Gasteiger partial charge < -0.3 is 0 Å². The monoisotopic (exact) mass is 233 g/mol. The Morgan fingerprint density at radius 2 is 2.24 bits per heavy atom. The highest BCUT2D eigenvalue weighted by Crippen LogP contribution is 2.25. The van der Waals surface area contributed by atoms with Crippen molar-refractivity contribution in [2.24, 2.45) is 5.92 Å². The summed E-state index contributed by atoms with van der Waals surface area (Å²) >= 11 is 0. The molecule has 0 spiro atoms. The van der Waals surface area contributed by atoms with E-state index < -0.39 is 0 Å². The molecule has 1 heterocycles. The number of aromatic nitrogens is 2. The topological polar surface area (TPSA) is 61.0 Å². The Morgan fingerprint density at radius 1 is 1.47 bits per heavy atom. The molecule has 2 rings (SSSR count). The Labute approximate surface area is 99.2 Å². The van der Waals surface area contributed by atoms with E-state index in [1.165, 1.54) is 6.07 Å². The minimum atomic E-state index is -0.364. The van der Waals surface area contributed by atoms with Crippen molar-refractivity contribution in [3.8, 4) is 0 Å². The van der Waals surface area contributed by atoms with Crippen LogP contribution in [0, 0.1) is 16.0 Å². The molecule has 5 nitrogen and oxygen atoms in total. The molecule has 5 heteroatoms. The molecule has 0 amide bonds. The summed E-state index contributed by atoms with van der Waals surface area (Å²) in [5.41, 5.74) is 0.957. The van der Waals surface area contributed by atoms with E-state index in [1.807, 2.05) is 10.7 Å². The van der Waals surface area contributed by atoms with Crippen LogP contribution in [0.1, 0.15) is 20.3 Å². The third-order valence-electron chi connectivity index (χ3n) is 2.78.